The van der Waals surface area contributed by atoms with Crippen LogP contribution in [-0.2, 0) is 15.0 Å². The lowest BCUT2D eigenvalue weighted by Crippen LogP contribution is -2.66. The third-order valence-electron chi connectivity index (χ3n) is 5.95. The van der Waals surface area contributed by atoms with Crippen molar-refractivity contribution in [3.05, 3.63) is 70.8 Å². The van der Waals surface area contributed by atoms with Gasteiger partial charge in [-0.05, 0) is 22.3 Å². The van der Waals surface area contributed by atoms with E-state index < -0.39 is 5.41 Å². The average Bonchev–Trinajstić information content (AvgIpc) is 2.58. The third kappa shape index (κ3) is 1.33. The number of hydrogen-bond acceptors (Lipinski definition) is 2. The van der Waals surface area contributed by atoms with E-state index in [4.69, 9.17) is 0 Å². The van der Waals surface area contributed by atoms with Crippen molar-refractivity contribution >= 4 is 11.8 Å². The predicted octanol–water partition coefficient (Wildman–Crippen LogP) is 1.84. The molecule has 114 valence electrons. The number of benzene rings is 2. The Morgan fingerprint density at radius 3 is 1.96 bits per heavy atom. The summed E-state index contributed by atoms with van der Waals surface area (Å²) in [5, 5.41) is 0. The molecule has 0 saturated carbocycles. The molecule has 6 rings (SSSR count). The van der Waals surface area contributed by atoms with Gasteiger partial charge in [0.1, 0.15) is 0 Å². The molecule has 2 aromatic carbocycles. The lowest BCUT2D eigenvalue weighted by molar-refractivity contribution is -0.147. The fraction of sp³-hybridized carbons (Fsp3) is 0.263. The van der Waals surface area contributed by atoms with Crippen LogP contribution in [0.25, 0.3) is 0 Å². The highest BCUT2D eigenvalue weighted by Crippen LogP contribution is 2.61. The molecule has 1 saturated heterocycles. The second-order valence-electron chi connectivity index (χ2n) is 6.84. The highest BCUT2D eigenvalue weighted by atomic mass is 16.2. The van der Waals surface area contributed by atoms with Crippen molar-refractivity contribution in [2.45, 2.75) is 18.3 Å². The van der Waals surface area contributed by atoms with Crippen molar-refractivity contribution in [1.82, 2.24) is 10.9 Å². The van der Waals surface area contributed by atoms with Gasteiger partial charge in [0.2, 0.25) is 11.8 Å². The number of amides is 2. The van der Waals surface area contributed by atoms with E-state index >= 15 is 0 Å². The Hall–Kier alpha value is -2.62. The first-order valence-corrected chi connectivity index (χ1v) is 7.92. The quantitative estimate of drug-likeness (QED) is 0.780. The molecule has 2 bridgehead atoms. The van der Waals surface area contributed by atoms with Crippen LogP contribution in [-0.4, -0.2) is 11.8 Å². The highest BCUT2D eigenvalue weighted by molar-refractivity contribution is 5.97. The van der Waals surface area contributed by atoms with E-state index in [0.717, 1.165) is 0 Å². The lowest BCUT2D eigenvalue weighted by atomic mass is 9.47. The standard InChI is InChI=1S/C19H16N2O2/c1-19-12-8-4-2-6-10(12)14(11-7-3-5-9-13(11)19)15-16(19)18(23)21-20-17(15)22/h2-9,14-16H,1H3,(H,20,22)(H,21,23). The molecular formula is C19H16N2O2. The molecule has 0 radical (unpaired) electrons. The molecule has 2 atom stereocenters. The van der Waals surface area contributed by atoms with Crippen molar-refractivity contribution in [3.8, 4) is 0 Å². The largest absolute Gasteiger partial charge is 0.273 e. The van der Waals surface area contributed by atoms with Gasteiger partial charge in [0.05, 0.1) is 11.8 Å². The van der Waals surface area contributed by atoms with Crippen LogP contribution in [0, 0.1) is 11.8 Å². The maximum Gasteiger partial charge on any atom is 0.243 e. The summed E-state index contributed by atoms with van der Waals surface area (Å²) in [5.41, 5.74) is 9.35. The van der Waals surface area contributed by atoms with Gasteiger partial charge in [0, 0.05) is 11.3 Å². The van der Waals surface area contributed by atoms with Crippen molar-refractivity contribution in [2.24, 2.45) is 11.8 Å². The summed E-state index contributed by atoms with van der Waals surface area (Å²) in [6.45, 7) is 2.11. The summed E-state index contributed by atoms with van der Waals surface area (Å²) < 4.78 is 0. The fourth-order valence-electron chi connectivity index (χ4n) is 5.08. The van der Waals surface area contributed by atoms with Crippen LogP contribution >= 0.6 is 0 Å². The molecule has 2 aromatic rings. The molecule has 0 spiro atoms. The molecule has 23 heavy (non-hydrogen) atoms. The van der Waals surface area contributed by atoms with Crippen molar-refractivity contribution in [2.75, 3.05) is 0 Å². The first kappa shape index (κ1) is 12.9. The summed E-state index contributed by atoms with van der Waals surface area (Å²) in [7, 11) is 0. The number of hydrazine groups is 1. The molecule has 4 heteroatoms. The topological polar surface area (TPSA) is 58.2 Å². The predicted molar refractivity (Wildman–Crippen MR) is 84.4 cm³/mol. The van der Waals surface area contributed by atoms with Crippen LogP contribution in [0.1, 0.15) is 35.1 Å². The monoisotopic (exact) mass is 304 g/mol. The fourth-order valence-corrected chi connectivity index (χ4v) is 5.08. The number of hydrogen-bond donors (Lipinski definition) is 2. The van der Waals surface area contributed by atoms with Gasteiger partial charge in [-0.3, -0.25) is 20.4 Å². The summed E-state index contributed by atoms with van der Waals surface area (Å²) in [6, 6.07) is 16.5. The SMILES string of the molecule is CC12c3ccccc3C(c3ccccc31)C1C(=O)NNC(=O)C12. The maximum atomic E-state index is 12.7. The van der Waals surface area contributed by atoms with E-state index in [-0.39, 0.29) is 29.6 Å². The van der Waals surface area contributed by atoms with E-state index in [1.54, 1.807) is 0 Å². The molecule has 1 aliphatic heterocycles. The zero-order chi connectivity index (χ0) is 15.8. The van der Waals surface area contributed by atoms with Crippen LogP contribution in [0.2, 0.25) is 0 Å². The molecule has 3 aliphatic carbocycles. The van der Waals surface area contributed by atoms with Gasteiger partial charge in [0.25, 0.3) is 0 Å². The third-order valence-corrected chi connectivity index (χ3v) is 5.95. The van der Waals surface area contributed by atoms with Gasteiger partial charge < -0.3 is 0 Å². The molecule has 2 amide bonds. The molecule has 1 heterocycles. The number of carbonyl (C=O) groups is 2. The average molecular weight is 304 g/mol. The summed E-state index contributed by atoms with van der Waals surface area (Å²) in [5.74, 6) is -0.953. The Labute approximate surface area is 133 Å². The maximum absolute atomic E-state index is 12.7. The molecule has 2 N–H and O–H groups in total. The van der Waals surface area contributed by atoms with Crippen LogP contribution < -0.4 is 10.9 Å². The molecule has 1 fully saturated rings. The lowest BCUT2D eigenvalue weighted by Gasteiger charge is -2.56. The van der Waals surface area contributed by atoms with E-state index in [1.165, 1.54) is 22.3 Å². The molecular weight excluding hydrogens is 288 g/mol. The van der Waals surface area contributed by atoms with Gasteiger partial charge in [-0.1, -0.05) is 55.5 Å². The van der Waals surface area contributed by atoms with Gasteiger partial charge in [-0.15, -0.1) is 0 Å². The normalized spacial score (nSPS) is 33.2. The molecule has 0 aromatic heterocycles. The highest BCUT2D eigenvalue weighted by Gasteiger charge is 2.62. The molecule has 4 aliphatic rings. The number of rotatable bonds is 0. The smallest absolute Gasteiger partial charge is 0.243 e. The van der Waals surface area contributed by atoms with Crippen LogP contribution in [0.15, 0.2) is 48.5 Å². The van der Waals surface area contributed by atoms with E-state index in [9.17, 15) is 9.59 Å². The second kappa shape index (κ2) is 4.02. The first-order valence-electron chi connectivity index (χ1n) is 7.92. The van der Waals surface area contributed by atoms with Gasteiger partial charge in [-0.25, -0.2) is 0 Å². The van der Waals surface area contributed by atoms with E-state index in [2.05, 4.69) is 42.0 Å². The zero-order valence-electron chi connectivity index (χ0n) is 12.7. The van der Waals surface area contributed by atoms with Crippen LogP contribution in [0.3, 0.4) is 0 Å². The Bertz CT molecular complexity index is 826. The van der Waals surface area contributed by atoms with Gasteiger partial charge >= 0.3 is 0 Å². The summed E-state index contributed by atoms with van der Waals surface area (Å²) >= 11 is 0. The summed E-state index contributed by atoms with van der Waals surface area (Å²) in [6.07, 6.45) is 0. The Kier molecular flexibility index (Phi) is 2.25. The van der Waals surface area contributed by atoms with Crippen LogP contribution in [0.5, 0.6) is 0 Å². The first-order chi connectivity index (χ1) is 11.1. The Morgan fingerprint density at radius 2 is 1.35 bits per heavy atom. The number of carbonyl (C=O) groups excluding carboxylic acids is 2. The number of nitrogens with one attached hydrogen (secondary N) is 2. The molecule has 2 unspecified atom stereocenters. The van der Waals surface area contributed by atoms with Crippen molar-refractivity contribution < 1.29 is 9.59 Å². The van der Waals surface area contributed by atoms with E-state index in [0.29, 0.717) is 0 Å². The Morgan fingerprint density at radius 1 is 0.826 bits per heavy atom. The van der Waals surface area contributed by atoms with Gasteiger partial charge in [0.15, 0.2) is 0 Å². The zero-order valence-corrected chi connectivity index (χ0v) is 12.7. The molecule has 4 nitrogen and oxygen atoms in total. The second-order valence-corrected chi connectivity index (χ2v) is 6.84. The Balaban J connectivity index is 1.92. The van der Waals surface area contributed by atoms with Crippen molar-refractivity contribution in [3.63, 3.8) is 0 Å². The minimum Gasteiger partial charge on any atom is -0.273 e. The van der Waals surface area contributed by atoms with Crippen LogP contribution in [0.4, 0.5) is 0 Å². The van der Waals surface area contributed by atoms with Crippen molar-refractivity contribution in [1.29, 1.82) is 0 Å². The summed E-state index contributed by atoms with van der Waals surface area (Å²) in [4.78, 5) is 25.3. The van der Waals surface area contributed by atoms with E-state index in [1.807, 2.05) is 24.3 Å². The minimum absolute atomic E-state index is 0.0553. The van der Waals surface area contributed by atoms with Gasteiger partial charge in [-0.2, -0.15) is 0 Å². The minimum atomic E-state index is -0.478.